The van der Waals surface area contributed by atoms with Crippen molar-refractivity contribution in [3.63, 3.8) is 0 Å². The molecule has 26 valence electrons. The van der Waals surface area contributed by atoms with Gasteiger partial charge in [-0.1, -0.05) is 0 Å². The van der Waals surface area contributed by atoms with Crippen molar-refractivity contribution in [2.24, 2.45) is 0 Å². The van der Waals surface area contributed by atoms with Crippen LogP contribution in [0.5, 0.6) is 0 Å². The van der Waals surface area contributed by atoms with E-state index in [0.29, 0.717) is 0 Å². The Morgan fingerprint density at radius 1 is 1.00 bits per heavy atom. The molecule has 0 aliphatic carbocycles. The summed E-state index contributed by atoms with van der Waals surface area (Å²) >= 11 is 0. The average molecular weight is 68.1 g/mol. The van der Waals surface area contributed by atoms with E-state index in [1.165, 1.54) is 0 Å². The minimum absolute atomic E-state index is 1.88. The van der Waals surface area contributed by atoms with Crippen molar-refractivity contribution >= 4 is 0 Å². The first-order chi connectivity index (χ1) is 2.50. The maximum absolute atomic E-state index is 2.86. The molecule has 0 saturated heterocycles. The van der Waals surface area contributed by atoms with Crippen LogP contribution in [-0.2, 0) is 0 Å². The highest BCUT2D eigenvalue weighted by atomic mass is 14.8. The van der Waals surface area contributed by atoms with Crippen molar-refractivity contribution in [2.75, 3.05) is 0 Å². The number of hydrogen-bond donors (Lipinski definition) is 1. The molecule has 5 heavy (non-hydrogen) atoms. The maximum Gasteiger partial charge on any atom is 0.000496 e. The molecule has 0 aliphatic rings. The molecule has 1 N–H and O–H groups in total. The molecule has 0 atom stereocenters. The molecular weight excluding hydrogens is 63.0 g/mol. The fraction of sp³-hybridized carbons (Fsp3) is 0. The molecule has 1 aromatic rings. The van der Waals surface area contributed by atoms with Crippen LogP contribution in [0.3, 0.4) is 0 Å². The summed E-state index contributed by atoms with van der Waals surface area (Å²) in [6, 6.07) is 3.89. The molecule has 0 fully saturated rings. The number of nitrogens with one attached hydrogen (secondary N) is 1. The standard InChI is InChI=1S/C4H5N/c1-2-4-5-3-1/h1-5H/i3+1. The summed E-state index contributed by atoms with van der Waals surface area (Å²) in [4.78, 5) is 2.86. The Hall–Kier alpha value is -0.720. The average Bonchev–Trinajstić information content (AvgIpc) is 1.76. The van der Waals surface area contributed by atoms with Crippen molar-refractivity contribution in [2.45, 2.75) is 0 Å². The number of aromatic amines is 1. The molecule has 1 nitrogen and oxygen atoms in total. The van der Waals surface area contributed by atoms with Crippen LogP contribution in [0.4, 0.5) is 0 Å². The van der Waals surface area contributed by atoms with Crippen LogP contribution in [0.15, 0.2) is 24.5 Å². The van der Waals surface area contributed by atoms with E-state index in [2.05, 4.69) is 4.98 Å². The van der Waals surface area contributed by atoms with Crippen LogP contribution in [0.25, 0.3) is 0 Å². The normalized spacial score (nSPS) is 8.00. The maximum atomic E-state index is 2.86. The third-order valence-corrected chi connectivity index (χ3v) is 0.496. The topological polar surface area (TPSA) is 15.8 Å². The van der Waals surface area contributed by atoms with Gasteiger partial charge in [-0.05, 0) is 12.1 Å². The zero-order valence-electron chi connectivity index (χ0n) is 2.81. The highest BCUT2D eigenvalue weighted by molar-refractivity contribution is 4.84. The molecule has 0 saturated carbocycles. The smallest absolute Gasteiger partial charge is 0.000496 e. The van der Waals surface area contributed by atoms with Gasteiger partial charge in [-0.25, -0.2) is 0 Å². The molecule has 0 aliphatic heterocycles. The summed E-state index contributed by atoms with van der Waals surface area (Å²) < 4.78 is 0. The van der Waals surface area contributed by atoms with E-state index in [0.717, 1.165) is 0 Å². The molecule has 1 aromatic heterocycles. The lowest BCUT2D eigenvalue weighted by atomic mass is 10.8. The van der Waals surface area contributed by atoms with Gasteiger partial charge in [0.25, 0.3) is 0 Å². The predicted octanol–water partition coefficient (Wildman–Crippen LogP) is 1.01. The summed E-state index contributed by atoms with van der Waals surface area (Å²) in [6.45, 7) is 0. The highest BCUT2D eigenvalue weighted by Crippen LogP contribution is 1.72. The second kappa shape index (κ2) is 0.931. The molecule has 0 radical (unpaired) electrons. The Kier molecular flexibility index (Phi) is 0.468. The van der Waals surface area contributed by atoms with Gasteiger partial charge in [0.05, 0.1) is 0 Å². The van der Waals surface area contributed by atoms with Gasteiger partial charge >= 0.3 is 0 Å². The van der Waals surface area contributed by atoms with E-state index in [1.54, 1.807) is 0 Å². The van der Waals surface area contributed by atoms with Crippen LogP contribution in [-0.4, -0.2) is 4.98 Å². The minimum Gasteiger partial charge on any atom is -0.368 e. The zero-order valence-corrected chi connectivity index (χ0v) is 2.81. The zero-order chi connectivity index (χ0) is 3.54. The molecule has 1 heteroatoms. The lowest BCUT2D eigenvalue weighted by Crippen LogP contribution is -1.38. The predicted molar refractivity (Wildman–Crippen MR) is 20.8 cm³/mol. The van der Waals surface area contributed by atoms with Crippen molar-refractivity contribution in [3.05, 3.63) is 24.5 Å². The van der Waals surface area contributed by atoms with Crippen molar-refractivity contribution in [3.8, 4) is 0 Å². The van der Waals surface area contributed by atoms with E-state index < -0.39 is 0 Å². The van der Waals surface area contributed by atoms with Crippen LogP contribution in [0, 0.1) is 0 Å². The van der Waals surface area contributed by atoms with Crippen molar-refractivity contribution in [1.82, 2.24) is 4.98 Å². The van der Waals surface area contributed by atoms with Gasteiger partial charge < -0.3 is 4.98 Å². The van der Waals surface area contributed by atoms with E-state index in [1.807, 2.05) is 24.5 Å². The van der Waals surface area contributed by atoms with Gasteiger partial charge in [0, 0.05) is 12.4 Å². The lowest BCUT2D eigenvalue weighted by molar-refractivity contribution is 1.42. The summed E-state index contributed by atoms with van der Waals surface area (Å²) in [5.41, 5.74) is 0. The van der Waals surface area contributed by atoms with Crippen molar-refractivity contribution in [1.29, 1.82) is 0 Å². The summed E-state index contributed by atoms with van der Waals surface area (Å²) in [5, 5.41) is 0. The van der Waals surface area contributed by atoms with E-state index in [9.17, 15) is 0 Å². The Balaban J connectivity index is 3.13. The van der Waals surface area contributed by atoms with E-state index in [-0.39, 0.29) is 0 Å². The third-order valence-electron chi connectivity index (χ3n) is 0.496. The number of rotatable bonds is 0. The Morgan fingerprint density at radius 3 is 1.80 bits per heavy atom. The molecule has 0 spiro atoms. The number of hydrogen-bond acceptors (Lipinski definition) is 0. The Morgan fingerprint density at radius 2 is 1.60 bits per heavy atom. The van der Waals surface area contributed by atoms with Gasteiger partial charge in [-0.2, -0.15) is 0 Å². The minimum atomic E-state index is 1.88. The van der Waals surface area contributed by atoms with Gasteiger partial charge in [0.2, 0.25) is 0 Å². The van der Waals surface area contributed by atoms with Crippen molar-refractivity contribution < 1.29 is 0 Å². The fourth-order valence-electron chi connectivity index (χ4n) is 0.278. The molecule has 1 rings (SSSR count). The lowest BCUT2D eigenvalue weighted by Gasteiger charge is -1.49. The molecule has 0 amide bonds. The monoisotopic (exact) mass is 68.0 g/mol. The second-order valence-electron chi connectivity index (χ2n) is 0.885. The summed E-state index contributed by atoms with van der Waals surface area (Å²) in [5.74, 6) is 0. The van der Waals surface area contributed by atoms with Gasteiger partial charge in [-0.15, -0.1) is 0 Å². The van der Waals surface area contributed by atoms with Gasteiger partial charge in [-0.3, -0.25) is 0 Å². The van der Waals surface area contributed by atoms with Crippen LogP contribution < -0.4 is 0 Å². The Bertz CT molecular complexity index is 60.1. The number of H-pyrrole nitrogens is 1. The summed E-state index contributed by atoms with van der Waals surface area (Å²) in [6.07, 6.45) is 3.75. The third kappa shape index (κ3) is 0.293. The SMILES string of the molecule is c1c[13cH][nH]c1. The fourth-order valence-corrected chi connectivity index (χ4v) is 0.278. The van der Waals surface area contributed by atoms with Crippen LogP contribution in [0.2, 0.25) is 0 Å². The van der Waals surface area contributed by atoms with Crippen LogP contribution >= 0.6 is 0 Å². The Labute approximate surface area is 30.6 Å². The first-order valence-corrected chi connectivity index (χ1v) is 1.58. The first kappa shape index (κ1) is 2.51. The van der Waals surface area contributed by atoms with Crippen LogP contribution in [0.1, 0.15) is 0 Å². The highest BCUT2D eigenvalue weighted by Gasteiger charge is 1.55. The molecule has 1 heterocycles. The number of aromatic nitrogens is 1. The molecular formula is C4H5N. The quantitative estimate of drug-likeness (QED) is 0.467. The second-order valence-corrected chi connectivity index (χ2v) is 0.885. The molecule has 0 aromatic carbocycles. The largest absolute Gasteiger partial charge is 0.368 e. The molecule has 0 bridgehead atoms. The summed E-state index contributed by atoms with van der Waals surface area (Å²) in [7, 11) is 0. The van der Waals surface area contributed by atoms with Gasteiger partial charge in [0.1, 0.15) is 0 Å². The first-order valence-electron chi connectivity index (χ1n) is 1.58. The van der Waals surface area contributed by atoms with E-state index >= 15 is 0 Å². The van der Waals surface area contributed by atoms with Gasteiger partial charge in [0.15, 0.2) is 0 Å². The molecule has 0 unspecified atom stereocenters. The van der Waals surface area contributed by atoms with E-state index in [4.69, 9.17) is 0 Å².